The zero-order chi connectivity index (χ0) is 18.2. The van der Waals surface area contributed by atoms with Crippen LogP contribution in [0.25, 0.3) is 0 Å². The summed E-state index contributed by atoms with van der Waals surface area (Å²) in [5, 5.41) is 3.08. The summed E-state index contributed by atoms with van der Waals surface area (Å²) in [5.74, 6) is 0. The minimum atomic E-state index is 0.0503. The molecule has 144 valence electrons. The Balaban J connectivity index is 1.44. The number of nitrogens with one attached hydrogen (secondary N) is 1. The van der Waals surface area contributed by atoms with E-state index < -0.39 is 0 Å². The summed E-state index contributed by atoms with van der Waals surface area (Å²) < 4.78 is 5.39. The van der Waals surface area contributed by atoms with Gasteiger partial charge in [0.05, 0.1) is 13.2 Å². The lowest BCUT2D eigenvalue weighted by Gasteiger charge is -2.27. The van der Waals surface area contributed by atoms with E-state index in [9.17, 15) is 4.79 Å². The maximum atomic E-state index is 12.5. The zero-order valence-corrected chi connectivity index (χ0v) is 16.1. The van der Waals surface area contributed by atoms with E-state index in [-0.39, 0.29) is 6.03 Å². The first-order chi connectivity index (χ1) is 12.7. The van der Waals surface area contributed by atoms with Gasteiger partial charge in [0.1, 0.15) is 0 Å². The van der Waals surface area contributed by atoms with E-state index >= 15 is 0 Å². The SMILES string of the molecule is CN(C(=O)NCc1ccc(CN2CCOCC2)cc1)C1CCCCCC1. The van der Waals surface area contributed by atoms with Gasteiger partial charge in [-0.15, -0.1) is 0 Å². The number of ether oxygens (including phenoxy) is 1. The number of nitrogens with zero attached hydrogens (tertiary/aromatic N) is 2. The van der Waals surface area contributed by atoms with Gasteiger partial charge >= 0.3 is 6.03 Å². The number of urea groups is 1. The number of carbonyl (C=O) groups is 1. The molecule has 0 spiro atoms. The fourth-order valence-electron chi connectivity index (χ4n) is 3.89. The Morgan fingerprint density at radius 3 is 2.35 bits per heavy atom. The van der Waals surface area contributed by atoms with Crippen molar-refractivity contribution in [1.29, 1.82) is 0 Å². The number of hydrogen-bond donors (Lipinski definition) is 1. The van der Waals surface area contributed by atoms with E-state index in [0.717, 1.165) is 51.3 Å². The molecule has 1 aromatic rings. The highest BCUT2D eigenvalue weighted by molar-refractivity contribution is 5.74. The molecule has 0 unspecified atom stereocenters. The highest BCUT2D eigenvalue weighted by Crippen LogP contribution is 2.21. The van der Waals surface area contributed by atoms with Crippen LogP contribution in [0.5, 0.6) is 0 Å². The van der Waals surface area contributed by atoms with Crippen molar-refractivity contribution in [2.75, 3.05) is 33.4 Å². The highest BCUT2D eigenvalue weighted by atomic mass is 16.5. The lowest BCUT2D eigenvalue weighted by Crippen LogP contribution is -2.43. The van der Waals surface area contributed by atoms with Crippen molar-refractivity contribution >= 4 is 6.03 Å². The molecular weight excluding hydrogens is 326 g/mol. The summed E-state index contributed by atoms with van der Waals surface area (Å²) in [4.78, 5) is 16.8. The molecule has 2 aliphatic rings. The fraction of sp³-hybridized carbons (Fsp3) is 0.667. The zero-order valence-electron chi connectivity index (χ0n) is 16.1. The van der Waals surface area contributed by atoms with E-state index in [0.29, 0.717) is 12.6 Å². The van der Waals surface area contributed by atoms with Gasteiger partial charge in [0.25, 0.3) is 0 Å². The van der Waals surface area contributed by atoms with E-state index in [1.54, 1.807) is 0 Å². The topological polar surface area (TPSA) is 44.8 Å². The average Bonchev–Trinajstić information content (AvgIpc) is 2.97. The molecule has 2 amide bonds. The number of hydrogen-bond acceptors (Lipinski definition) is 3. The summed E-state index contributed by atoms with van der Waals surface area (Å²) in [6, 6.07) is 9.05. The number of rotatable bonds is 5. The second-order valence-electron chi connectivity index (χ2n) is 7.62. The lowest BCUT2D eigenvalue weighted by molar-refractivity contribution is 0.0342. The van der Waals surface area contributed by atoms with Crippen LogP contribution in [0.4, 0.5) is 4.79 Å². The second-order valence-corrected chi connectivity index (χ2v) is 7.62. The maximum absolute atomic E-state index is 12.5. The molecule has 0 radical (unpaired) electrons. The van der Waals surface area contributed by atoms with Crippen molar-refractivity contribution in [3.63, 3.8) is 0 Å². The molecule has 1 aliphatic heterocycles. The molecule has 0 atom stereocenters. The van der Waals surface area contributed by atoms with Crippen LogP contribution in [-0.2, 0) is 17.8 Å². The average molecular weight is 360 g/mol. The van der Waals surface area contributed by atoms with Crippen molar-refractivity contribution in [1.82, 2.24) is 15.1 Å². The molecule has 1 aromatic carbocycles. The van der Waals surface area contributed by atoms with Gasteiger partial charge in [0.2, 0.25) is 0 Å². The quantitative estimate of drug-likeness (QED) is 0.820. The molecule has 1 N–H and O–H groups in total. The molecule has 0 aromatic heterocycles. The van der Waals surface area contributed by atoms with Gasteiger partial charge < -0.3 is 15.0 Å². The van der Waals surface area contributed by atoms with Crippen LogP contribution in [0.1, 0.15) is 49.7 Å². The molecule has 0 bridgehead atoms. The molecule has 5 nitrogen and oxygen atoms in total. The number of carbonyl (C=O) groups excluding carboxylic acids is 1. The summed E-state index contributed by atoms with van der Waals surface area (Å²) in [7, 11) is 1.94. The Morgan fingerprint density at radius 1 is 1.08 bits per heavy atom. The van der Waals surface area contributed by atoms with Crippen molar-refractivity contribution in [2.45, 2.75) is 57.7 Å². The normalized spacial score (nSPS) is 19.7. The number of benzene rings is 1. The van der Waals surface area contributed by atoms with Gasteiger partial charge in [-0.05, 0) is 24.0 Å². The van der Waals surface area contributed by atoms with Crippen LogP contribution < -0.4 is 5.32 Å². The molecule has 5 heteroatoms. The second kappa shape index (κ2) is 9.93. The Bertz CT molecular complexity index is 547. The Labute approximate surface area is 157 Å². The van der Waals surface area contributed by atoms with Crippen LogP contribution in [-0.4, -0.2) is 55.2 Å². The third-order valence-electron chi connectivity index (χ3n) is 5.67. The third-order valence-corrected chi connectivity index (χ3v) is 5.67. The predicted molar refractivity (Wildman–Crippen MR) is 104 cm³/mol. The first-order valence-electron chi connectivity index (χ1n) is 10.1. The van der Waals surface area contributed by atoms with Crippen molar-refractivity contribution in [2.24, 2.45) is 0 Å². The minimum Gasteiger partial charge on any atom is -0.379 e. The van der Waals surface area contributed by atoms with E-state index in [1.165, 1.54) is 31.2 Å². The third kappa shape index (κ3) is 5.71. The minimum absolute atomic E-state index is 0.0503. The van der Waals surface area contributed by atoms with Gasteiger partial charge in [0.15, 0.2) is 0 Å². The van der Waals surface area contributed by atoms with Gasteiger partial charge in [0, 0.05) is 39.3 Å². The maximum Gasteiger partial charge on any atom is 0.317 e. The van der Waals surface area contributed by atoms with Crippen LogP contribution in [0.3, 0.4) is 0 Å². The largest absolute Gasteiger partial charge is 0.379 e. The Morgan fingerprint density at radius 2 is 1.69 bits per heavy atom. The highest BCUT2D eigenvalue weighted by Gasteiger charge is 2.20. The summed E-state index contributed by atoms with van der Waals surface area (Å²) in [6.45, 7) is 5.24. The molecule has 3 rings (SSSR count). The molecule has 1 heterocycles. The number of amides is 2. The smallest absolute Gasteiger partial charge is 0.317 e. The van der Waals surface area contributed by atoms with Gasteiger partial charge in [-0.25, -0.2) is 4.79 Å². The van der Waals surface area contributed by atoms with E-state index in [4.69, 9.17) is 4.74 Å². The Hall–Kier alpha value is -1.59. The van der Waals surface area contributed by atoms with Gasteiger partial charge in [-0.1, -0.05) is 49.9 Å². The first-order valence-corrected chi connectivity index (χ1v) is 10.1. The first kappa shape index (κ1) is 19.2. The van der Waals surface area contributed by atoms with Gasteiger partial charge in [-0.2, -0.15) is 0 Å². The summed E-state index contributed by atoms with van der Waals surface area (Å²) in [6.07, 6.45) is 7.38. The van der Waals surface area contributed by atoms with E-state index in [1.807, 2.05) is 11.9 Å². The molecule has 1 aliphatic carbocycles. The molecule has 1 saturated heterocycles. The predicted octanol–water partition coefficient (Wildman–Crippen LogP) is 3.38. The summed E-state index contributed by atoms with van der Waals surface area (Å²) >= 11 is 0. The standard InChI is InChI=1S/C21H33N3O2/c1-23(20-6-4-2-3-5-7-20)21(25)22-16-18-8-10-19(11-9-18)17-24-12-14-26-15-13-24/h8-11,20H,2-7,12-17H2,1H3,(H,22,25). The molecule has 26 heavy (non-hydrogen) atoms. The molecular formula is C21H33N3O2. The molecule has 1 saturated carbocycles. The van der Waals surface area contributed by atoms with Crippen LogP contribution >= 0.6 is 0 Å². The van der Waals surface area contributed by atoms with E-state index in [2.05, 4.69) is 34.5 Å². The monoisotopic (exact) mass is 359 g/mol. The van der Waals surface area contributed by atoms with Crippen molar-refractivity contribution in [3.05, 3.63) is 35.4 Å². The van der Waals surface area contributed by atoms with Crippen LogP contribution in [0.2, 0.25) is 0 Å². The number of morpholine rings is 1. The lowest BCUT2D eigenvalue weighted by atomic mass is 10.1. The summed E-state index contributed by atoms with van der Waals surface area (Å²) in [5.41, 5.74) is 2.47. The fourth-order valence-corrected chi connectivity index (χ4v) is 3.89. The van der Waals surface area contributed by atoms with Gasteiger partial charge in [-0.3, -0.25) is 4.90 Å². The molecule has 2 fully saturated rings. The van der Waals surface area contributed by atoms with Crippen molar-refractivity contribution < 1.29 is 9.53 Å². The van der Waals surface area contributed by atoms with Crippen LogP contribution in [0, 0.1) is 0 Å². The Kier molecular flexibility index (Phi) is 7.32. The van der Waals surface area contributed by atoms with Crippen molar-refractivity contribution in [3.8, 4) is 0 Å². The van der Waals surface area contributed by atoms with Crippen LogP contribution in [0.15, 0.2) is 24.3 Å².